The lowest BCUT2D eigenvalue weighted by Gasteiger charge is -2.38. The molecule has 0 spiro atoms. The van der Waals surface area contributed by atoms with E-state index in [0.29, 0.717) is 18.2 Å². The molecular formula is C16H25N3O3S. The van der Waals surface area contributed by atoms with Crippen LogP contribution in [0.5, 0.6) is 0 Å². The van der Waals surface area contributed by atoms with E-state index in [0.717, 1.165) is 19.4 Å². The summed E-state index contributed by atoms with van der Waals surface area (Å²) in [6, 6.07) is 6.27. The van der Waals surface area contributed by atoms with E-state index < -0.39 is 15.9 Å². The molecule has 1 aliphatic rings. The Labute approximate surface area is 138 Å². The summed E-state index contributed by atoms with van der Waals surface area (Å²) in [4.78, 5) is 13.5. The second-order valence-electron chi connectivity index (χ2n) is 6.17. The second kappa shape index (κ2) is 7.42. The molecule has 1 heterocycles. The van der Waals surface area contributed by atoms with Gasteiger partial charge in [0.15, 0.2) is 0 Å². The first kappa shape index (κ1) is 17.9. The van der Waals surface area contributed by atoms with Crippen LogP contribution in [-0.4, -0.2) is 44.4 Å². The minimum Gasteiger partial charge on any atom is -0.366 e. The zero-order valence-corrected chi connectivity index (χ0v) is 14.5. The first-order chi connectivity index (χ1) is 10.8. The summed E-state index contributed by atoms with van der Waals surface area (Å²) in [5, 5.41) is 0. The lowest BCUT2D eigenvalue weighted by molar-refractivity contribution is 0.1000. The van der Waals surface area contributed by atoms with Gasteiger partial charge in [0, 0.05) is 24.2 Å². The van der Waals surface area contributed by atoms with Crippen LogP contribution in [0.4, 0.5) is 0 Å². The fourth-order valence-corrected chi connectivity index (χ4v) is 4.13. The predicted octanol–water partition coefficient (Wildman–Crippen LogP) is 1.33. The molecular weight excluding hydrogens is 314 g/mol. The Morgan fingerprint density at radius 2 is 2.00 bits per heavy atom. The van der Waals surface area contributed by atoms with Crippen molar-refractivity contribution in [2.75, 3.05) is 13.1 Å². The monoisotopic (exact) mass is 339 g/mol. The summed E-state index contributed by atoms with van der Waals surface area (Å²) in [6.07, 6.45) is 3.56. The van der Waals surface area contributed by atoms with E-state index in [9.17, 15) is 13.2 Å². The van der Waals surface area contributed by atoms with Gasteiger partial charge in [0.05, 0.1) is 4.90 Å². The molecule has 0 radical (unpaired) electrons. The molecule has 23 heavy (non-hydrogen) atoms. The summed E-state index contributed by atoms with van der Waals surface area (Å²) in [5.74, 6) is -0.574. The lowest BCUT2D eigenvalue weighted by Crippen LogP contribution is -2.48. The van der Waals surface area contributed by atoms with E-state index in [2.05, 4.69) is 16.5 Å². The van der Waals surface area contributed by atoms with Gasteiger partial charge in [-0.1, -0.05) is 6.42 Å². The number of carbonyl (C=O) groups is 1. The predicted molar refractivity (Wildman–Crippen MR) is 89.6 cm³/mol. The highest BCUT2D eigenvalue weighted by atomic mass is 32.2. The third kappa shape index (κ3) is 4.53. The number of hydrogen-bond acceptors (Lipinski definition) is 4. The van der Waals surface area contributed by atoms with Crippen LogP contribution in [0.15, 0.2) is 29.2 Å². The summed E-state index contributed by atoms with van der Waals surface area (Å²) in [7, 11) is -3.58. The first-order valence-electron chi connectivity index (χ1n) is 7.96. The Morgan fingerprint density at radius 3 is 2.57 bits per heavy atom. The maximum atomic E-state index is 12.3. The highest BCUT2D eigenvalue weighted by Gasteiger charge is 2.24. The normalized spacial score (nSPS) is 21.0. The zero-order chi connectivity index (χ0) is 17.0. The number of nitrogens with zero attached hydrogens (tertiary/aromatic N) is 1. The van der Waals surface area contributed by atoms with Crippen LogP contribution >= 0.6 is 0 Å². The molecule has 0 aromatic heterocycles. The summed E-state index contributed by atoms with van der Waals surface area (Å²) in [6.45, 7) is 5.61. The molecule has 1 saturated heterocycles. The zero-order valence-electron chi connectivity index (χ0n) is 13.7. The average Bonchev–Trinajstić information content (AvgIpc) is 2.53. The maximum absolute atomic E-state index is 12.3. The van der Waals surface area contributed by atoms with E-state index in [-0.39, 0.29) is 10.9 Å². The largest absolute Gasteiger partial charge is 0.366 e. The van der Waals surface area contributed by atoms with Crippen LogP contribution < -0.4 is 10.5 Å². The quantitative estimate of drug-likeness (QED) is 0.818. The topological polar surface area (TPSA) is 92.5 Å². The van der Waals surface area contributed by atoms with Gasteiger partial charge in [0.1, 0.15) is 0 Å². The highest BCUT2D eigenvalue weighted by Crippen LogP contribution is 2.19. The van der Waals surface area contributed by atoms with Crippen molar-refractivity contribution >= 4 is 15.9 Å². The number of piperidine rings is 1. The Hall–Kier alpha value is -1.44. The fraction of sp³-hybridized carbons (Fsp3) is 0.562. The summed E-state index contributed by atoms with van der Waals surface area (Å²) in [5.41, 5.74) is 5.45. The lowest BCUT2D eigenvalue weighted by atomic mass is 10.0. The van der Waals surface area contributed by atoms with Crippen molar-refractivity contribution in [2.24, 2.45) is 5.73 Å². The van der Waals surface area contributed by atoms with Gasteiger partial charge < -0.3 is 5.73 Å². The smallest absolute Gasteiger partial charge is 0.248 e. The van der Waals surface area contributed by atoms with Gasteiger partial charge in [-0.05, 0) is 57.5 Å². The molecule has 2 atom stereocenters. The van der Waals surface area contributed by atoms with Gasteiger partial charge in [-0.2, -0.15) is 0 Å². The molecule has 1 aliphatic heterocycles. The molecule has 2 rings (SSSR count). The summed E-state index contributed by atoms with van der Waals surface area (Å²) < 4.78 is 27.3. The molecule has 0 aliphatic carbocycles. The molecule has 1 amide bonds. The van der Waals surface area contributed by atoms with Crippen LogP contribution in [0.3, 0.4) is 0 Å². The molecule has 0 saturated carbocycles. The molecule has 0 bridgehead atoms. The van der Waals surface area contributed by atoms with Crippen LogP contribution in [-0.2, 0) is 10.0 Å². The van der Waals surface area contributed by atoms with Gasteiger partial charge >= 0.3 is 0 Å². The molecule has 3 N–H and O–H groups in total. The van der Waals surface area contributed by atoms with Gasteiger partial charge in [-0.25, -0.2) is 13.1 Å². The number of primary amides is 1. The van der Waals surface area contributed by atoms with Crippen LogP contribution in [0.1, 0.15) is 43.5 Å². The standard InChI is InChI=1S/C16H25N3O3S/c1-12-5-3-4-10-19(12)13(2)11-18-23(21,22)15-8-6-14(7-9-15)16(17)20/h6-9,12-13,18H,3-5,10-11H2,1-2H3,(H2,17,20). The molecule has 1 aromatic rings. The number of nitrogens with two attached hydrogens (primary N) is 1. The van der Waals surface area contributed by atoms with Gasteiger partial charge in [0.25, 0.3) is 0 Å². The van der Waals surface area contributed by atoms with Gasteiger partial charge in [-0.15, -0.1) is 0 Å². The number of likely N-dealkylation sites (tertiary alicyclic amines) is 1. The van der Waals surface area contributed by atoms with E-state index >= 15 is 0 Å². The third-order valence-electron chi connectivity index (χ3n) is 4.44. The van der Waals surface area contributed by atoms with Crippen molar-refractivity contribution in [3.05, 3.63) is 29.8 Å². The minimum atomic E-state index is -3.58. The van der Waals surface area contributed by atoms with E-state index in [1.54, 1.807) is 0 Å². The molecule has 6 nitrogen and oxygen atoms in total. The van der Waals surface area contributed by atoms with Crippen molar-refractivity contribution in [2.45, 2.75) is 50.1 Å². The molecule has 128 valence electrons. The Bertz CT molecular complexity index is 643. The van der Waals surface area contributed by atoms with Crippen molar-refractivity contribution in [3.8, 4) is 0 Å². The summed E-state index contributed by atoms with van der Waals surface area (Å²) >= 11 is 0. The van der Waals surface area contributed by atoms with Crippen molar-refractivity contribution in [3.63, 3.8) is 0 Å². The van der Waals surface area contributed by atoms with E-state index in [4.69, 9.17) is 5.73 Å². The van der Waals surface area contributed by atoms with E-state index in [1.807, 2.05) is 6.92 Å². The van der Waals surface area contributed by atoms with Crippen molar-refractivity contribution in [1.82, 2.24) is 9.62 Å². The fourth-order valence-electron chi connectivity index (χ4n) is 3.00. The highest BCUT2D eigenvalue weighted by molar-refractivity contribution is 7.89. The molecule has 1 aromatic carbocycles. The third-order valence-corrected chi connectivity index (χ3v) is 5.88. The van der Waals surface area contributed by atoms with Crippen molar-refractivity contribution in [1.29, 1.82) is 0 Å². The number of carbonyl (C=O) groups excluding carboxylic acids is 1. The van der Waals surface area contributed by atoms with Crippen LogP contribution in [0, 0.1) is 0 Å². The first-order valence-corrected chi connectivity index (χ1v) is 9.45. The average molecular weight is 339 g/mol. The Morgan fingerprint density at radius 1 is 1.35 bits per heavy atom. The molecule has 2 unspecified atom stereocenters. The number of rotatable bonds is 6. The number of nitrogens with one attached hydrogen (secondary N) is 1. The Kier molecular flexibility index (Phi) is 5.78. The minimum absolute atomic E-state index is 0.140. The maximum Gasteiger partial charge on any atom is 0.248 e. The number of amides is 1. The van der Waals surface area contributed by atoms with E-state index in [1.165, 1.54) is 30.7 Å². The van der Waals surface area contributed by atoms with Gasteiger partial charge in [-0.3, -0.25) is 9.69 Å². The van der Waals surface area contributed by atoms with Crippen molar-refractivity contribution < 1.29 is 13.2 Å². The number of sulfonamides is 1. The van der Waals surface area contributed by atoms with Crippen LogP contribution in [0.2, 0.25) is 0 Å². The SMILES string of the molecule is CC1CCCCN1C(C)CNS(=O)(=O)c1ccc(C(N)=O)cc1. The number of hydrogen-bond donors (Lipinski definition) is 2. The Balaban J connectivity index is 1.99. The molecule has 1 fully saturated rings. The van der Waals surface area contributed by atoms with Gasteiger partial charge in [0.2, 0.25) is 15.9 Å². The number of benzene rings is 1. The second-order valence-corrected chi connectivity index (χ2v) is 7.94. The molecule has 7 heteroatoms. The van der Waals surface area contributed by atoms with Crippen LogP contribution in [0.25, 0.3) is 0 Å².